The van der Waals surface area contributed by atoms with E-state index in [0.29, 0.717) is 11.3 Å². The van der Waals surface area contributed by atoms with E-state index in [0.717, 1.165) is 25.7 Å². The lowest BCUT2D eigenvalue weighted by atomic mass is 9.96. The molecule has 112 valence electrons. The molecule has 0 saturated carbocycles. The highest BCUT2D eigenvalue weighted by Gasteiger charge is 2.31. The van der Waals surface area contributed by atoms with Gasteiger partial charge in [-0.25, -0.2) is 4.98 Å². The van der Waals surface area contributed by atoms with Crippen molar-refractivity contribution in [2.24, 2.45) is 0 Å². The molecule has 21 heavy (non-hydrogen) atoms. The monoisotopic (exact) mass is 304 g/mol. The predicted molar refractivity (Wildman–Crippen MR) is 82.7 cm³/mol. The molecule has 0 bridgehead atoms. The van der Waals surface area contributed by atoms with Crippen LogP contribution < -0.4 is 0 Å². The maximum atomic E-state index is 12.7. The number of nitrogens with zero attached hydrogens (tertiary/aromatic N) is 2. The third kappa shape index (κ3) is 2.50. The Balaban J connectivity index is 1.89. The van der Waals surface area contributed by atoms with Crippen molar-refractivity contribution in [2.75, 3.05) is 7.05 Å². The van der Waals surface area contributed by atoms with Gasteiger partial charge in [-0.05, 0) is 38.7 Å². The predicted octanol–water partition coefficient (Wildman–Crippen LogP) is 3.76. The van der Waals surface area contributed by atoms with Gasteiger partial charge in [0, 0.05) is 7.05 Å². The van der Waals surface area contributed by atoms with E-state index in [-0.39, 0.29) is 11.9 Å². The summed E-state index contributed by atoms with van der Waals surface area (Å²) >= 11 is 1.76. The molecule has 1 aliphatic rings. The fourth-order valence-electron chi connectivity index (χ4n) is 2.91. The minimum atomic E-state index is 0.0329. The second-order valence-electron chi connectivity index (χ2n) is 5.49. The van der Waals surface area contributed by atoms with Crippen molar-refractivity contribution in [2.45, 2.75) is 45.6 Å². The van der Waals surface area contributed by atoms with Crippen LogP contribution in [0.2, 0.25) is 0 Å². The van der Waals surface area contributed by atoms with Crippen molar-refractivity contribution in [3.8, 4) is 0 Å². The molecule has 4 nitrogen and oxygen atoms in total. The summed E-state index contributed by atoms with van der Waals surface area (Å²) in [6, 6.07) is 1.90. The molecule has 2 aromatic heterocycles. The SMILES string of the molecule is CCc1nc2c(s1)[C@@H](N(C)C(=O)c1ccoc1C)CCC2. The summed E-state index contributed by atoms with van der Waals surface area (Å²) in [5.41, 5.74) is 1.85. The van der Waals surface area contributed by atoms with E-state index in [1.165, 1.54) is 15.6 Å². The van der Waals surface area contributed by atoms with Crippen LogP contribution in [0.4, 0.5) is 0 Å². The number of aryl methyl sites for hydroxylation is 3. The van der Waals surface area contributed by atoms with Crippen molar-refractivity contribution in [3.63, 3.8) is 0 Å². The lowest BCUT2D eigenvalue weighted by Crippen LogP contribution is -2.32. The zero-order chi connectivity index (χ0) is 15.0. The molecule has 0 fully saturated rings. The van der Waals surface area contributed by atoms with Crippen LogP contribution in [0.15, 0.2) is 16.7 Å². The Morgan fingerprint density at radius 1 is 1.57 bits per heavy atom. The van der Waals surface area contributed by atoms with E-state index in [9.17, 15) is 4.79 Å². The first-order valence-corrected chi connectivity index (χ1v) is 8.23. The summed E-state index contributed by atoms with van der Waals surface area (Å²) in [5.74, 6) is 0.715. The van der Waals surface area contributed by atoms with E-state index >= 15 is 0 Å². The van der Waals surface area contributed by atoms with Gasteiger partial charge in [-0.2, -0.15) is 0 Å². The van der Waals surface area contributed by atoms with Gasteiger partial charge in [0.1, 0.15) is 5.76 Å². The first-order valence-electron chi connectivity index (χ1n) is 7.41. The molecule has 1 aliphatic carbocycles. The largest absolute Gasteiger partial charge is 0.469 e. The molecule has 0 unspecified atom stereocenters. The van der Waals surface area contributed by atoms with Gasteiger partial charge in [-0.3, -0.25) is 4.79 Å². The molecule has 3 rings (SSSR count). The summed E-state index contributed by atoms with van der Waals surface area (Å²) in [4.78, 5) is 20.5. The van der Waals surface area contributed by atoms with Gasteiger partial charge in [-0.1, -0.05) is 6.92 Å². The lowest BCUT2D eigenvalue weighted by Gasteiger charge is -2.30. The Bertz CT molecular complexity index is 659. The van der Waals surface area contributed by atoms with Gasteiger partial charge in [0.15, 0.2) is 0 Å². The second-order valence-corrected chi connectivity index (χ2v) is 6.60. The molecule has 0 saturated heterocycles. The molecular formula is C16H20N2O2S. The van der Waals surface area contributed by atoms with Crippen molar-refractivity contribution in [3.05, 3.63) is 39.2 Å². The maximum Gasteiger partial charge on any atom is 0.257 e. The number of aromatic nitrogens is 1. The first-order chi connectivity index (χ1) is 10.1. The summed E-state index contributed by atoms with van der Waals surface area (Å²) in [6.45, 7) is 3.96. The van der Waals surface area contributed by atoms with Crippen LogP contribution in [0, 0.1) is 6.92 Å². The molecule has 0 aromatic carbocycles. The van der Waals surface area contributed by atoms with Crippen molar-refractivity contribution in [1.29, 1.82) is 0 Å². The first kappa shape index (κ1) is 14.3. The van der Waals surface area contributed by atoms with Crippen LogP contribution in [-0.2, 0) is 12.8 Å². The molecule has 2 aromatic rings. The Morgan fingerprint density at radius 3 is 3.05 bits per heavy atom. The fourth-order valence-corrected chi connectivity index (χ4v) is 4.14. The fraction of sp³-hybridized carbons (Fsp3) is 0.500. The van der Waals surface area contributed by atoms with Crippen LogP contribution in [0.1, 0.15) is 57.5 Å². The highest BCUT2D eigenvalue weighted by molar-refractivity contribution is 7.11. The van der Waals surface area contributed by atoms with Gasteiger partial charge in [0.25, 0.3) is 5.91 Å². The molecule has 0 aliphatic heterocycles. The summed E-state index contributed by atoms with van der Waals surface area (Å²) in [5, 5.41) is 1.17. The van der Waals surface area contributed by atoms with Crippen LogP contribution in [0.3, 0.4) is 0 Å². The number of carbonyl (C=O) groups excluding carboxylic acids is 1. The zero-order valence-corrected chi connectivity index (χ0v) is 13.5. The third-order valence-electron chi connectivity index (χ3n) is 4.15. The van der Waals surface area contributed by atoms with Crippen LogP contribution in [0.25, 0.3) is 0 Å². The van der Waals surface area contributed by atoms with Gasteiger partial charge in [0.2, 0.25) is 0 Å². The smallest absolute Gasteiger partial charge is 0.257 e. The summed E-state index contributed by atoms with van der Waals surface area (Å²) in [6.07, 6.45) is 5.67. The third-order valence-corrected chi connectivity index (χ3v) is 5.49. The molecule has 1 atom stereocenters. The van der Waals surface area contributed by atoms with E-state index < -0.39 is 0 Å². The molecule has 0 radical (unpaired) electrons. The average molecular weight is 304 g/mol. The van der Waals surface area contributed by atoms with Gasteiger partial charge in [-0.15, -0.1) is 11.3 Å². The van der Waals surface area contributed by atoms with E-state index in [1.54, 1.807) is 23.7 Å². The highest BCUT2D eigenvalue weighted by Crippen LogP contribution is 2.38. The normalized spacial score (nSPS) is 17.6. The number of carbonyl (C=O) groups is 1. The molecular weight excluding hydrogens is 284 g/mol. The number of furan rings is 1. The zero-order valence-electron chi connectivity index (χ0n) is 12.7. The molecule has 0 N–H and O–H groups in total. The van der Waals surface area contributed by atoms with Gasteiger partial charge >= 0.3 is 0 Å². The Morgan fingerprint density at radius 2 is 2.38 bits per heavy atom. The standard InChI is InChI=1S/C16H20N2O2S/c1-4-14-17-12-6-5-7-13(15(12)21-14)18(3)16(19)11-8-9-20-10(11)2/h8-9,13H,4-7H2,1-3H3/t13-/m0/s1. The van der Waals surface area contributed by atoms with Crippen molar-refractivity contribution >= 4 is 17.2 Å². The topological polar surface area (TPSA) is 46.3 Å². The van der Waals surface area contributed by atoms with E-state index in [2.05, 4.69) is 6.92 Å². The summed E-state index contributed by atoms with van der Waals surface area (Å²) in [7, 11) is 1.89. The number of amides is 1. The van der Waals surface area contributed by atoms with Crippen molar-refractivity contribution < 1.29 is 9.21 Å². The van der Waals surface area contributed by atoms with Crippen LogP contribution in [-0.4, -0.2) is 22.8 Å². The number of hydrogen-bond acceptors (Lipinski definition) is 4. The number of hydrogen-bond donors (Lipinski definition) is 0. The Hall–Kier alpha value is -1.62. The molecule has 2 heterocycles. The maximum absolute atomic E-state index is 12.7. The number of rotatable bonds is 3. The minimum Gasteiger partial charge on any atom is -0.469 e. The van der Waals surface area contributed by atoms with E-state index in [4.69, 9.17) is 9.40 Å². The average Bonchev–Trinajstić information content (AvgIpc) is 3.10. The Labute approximate surface area is 128 Å². The van der Waals surface area contributed by atoms with Gasteiger partial charge in [0.05, 0.1) is 33.4 Å². The van der Waals surface area contributed by atoms with Gasteiger partial charge < -0.3 is 9.32 Å². The Kier molecular flexibility index (Phi) is 3.85. The second kappa shape index (κ2) is 5.64. The lowest BCUT2D eigenvalue weighted by molar-refractivity contribution is 0.0716. The quantitative estimate of drug-likeness (QED) is 0.867. The number of fused-ring (bicyclic) bond motifs is 1. The summed E-state index contributed by atoms with van der Waals surface area (Å²) < 4.78 is 5.26. The molecule has 0 spiro atoms. The number of thiazole rings is 1. The van der Waals surface area contributed by atoms with Crippen LogP contribution >= 0.6 is 11.3 Å². The van der Waals surface area contributed by atoms with Crippen molar-refractivity contribution in [1.82, 2.24) is 9.88 Å². The van der Waals surface area contributed by atoms with E-state index in [1.807, 2.05) is 18.9 Å². The molecule has 1 amide bonds. The van der Waals surface area contributed by atoms with Crippen LogP contribution in [0.5, 0.6) is 0 Å². The minimum absolute atomic E-state index is 0.0329. The molecule has 5 heteroatoms. The highest BCUT2D eigenvalue weighted by atomic mass is 32.1.